The SMILES string of the molecule is Cn1c(SCC(=O)Nc2cc(Cl)cc(Cl)c2)nc2ccsc2c1=O. The Hall–Kier alpha value is -1.54. The highest BCUT2D eigenvalue weighted by Crippen LogP contribution is 2.23. The van der Waals surface area contributed by atoms with E-state index in [1.165, 1.54) is 27.7 Å². The minimum absolute atomic E-state index is 0.111. The monoisotopic (exact) mass is 399 g/mol. The second-order valence-corrected chi connectivity index (χ2v) is 7.62. The molecule has 0 unspecified atom stereocenters. The standard InChI is InChI=1S/C15H11Cl2N3O2S2/c1-20-14(22)13-11(2-3-23-13)19-15(20)24-7-12(21)18-10-5-8(16)4-9(17)6-10/h2-6H,7H2,1H3,(H,18,21). The molecule has 5 nitrogen and oxygen atoms in total. The molecule has 124 valence electrons. The molecule has 2 heterocycles. The van der Waals surface area contributed by atoms with Gasteiger partial charge in [-0.2, -0.15) is 0 Å². The summed E-state index contributed by atoms with van der Waals surface area (Å²) in [5, 5.41) is 5.92. The number of carbonyl (C=O) groups is 1. The molecular weight excluding hydrogens is 389 g/mol. The van der Waals surface area contributed by atoms with Crippen LogP contribution in [-0.4, -0.2) is 21.2 Å². The molecule has 0 fully saturated rings. The Labute approximate surface area is 155 Å². The lowest BCUT2D eigenvalue weighted by molar-refractivity contribution is -0.113. The number of nitrogens with one attached hydrogen (secondary N) is 1. The van der Waals surface area contributed by atoms with Crippen molar-refractivity contribution in [1.29, 1.82) is 0 Å². The molecule has 1 amide bonds. The number of hydrogen-bond acceptors (Lipinski definition) is 5. The lowest BCUT2D eigenvalue weighted by atomic mass is 10.3. The Balaban J connectivity index is 1.72. The van der Waals surface area contributed by atoms with Gasteiger partial charge in [0.15, 0.2) is 5.16 Å². The van der Waals surface area contributed by atoms with Gasteiger partial charge in [-0.15, -0.1) is 11.3 Å². The van der Waals surface area contributed by atoms with E-state index in [1.807, 2.05) is 5.38 Å². The molecular formula is C15H11Cl2N3O2S2. The summed E-state index contributed by atoms with van der Waals surface area (Å²) in [7, 11) is 1.64. The molecule has 0 bridgehead atoms. The second kappa shape index (κ2) is 7.14. The first-order valence-electron chi connectivity index (χ1n) is 6.77. The maximum atomic E-state index is 12.2. The molecule has 1 aromatic carbocycles. The molecule has 3 aromatic rings. The van der Waals surface area contributed by atoms with E-state index in [-0.39, 0.29) is 17.2 Å². The molecule has 0 spiro atoms. The third-order valence-electron chi connectivity index (χ3n) is 3.13. The van der Waals surface area contributed by atoms with Gasteiger partial charge in [-0.1, -0.05) is 35.0 Å². The van der Waals surface area contributed by atoms with Gasteiger partial charge in [0.2, 0.25) is 5.91 Å². The fraction of sp³-hybridized carbons (Fsp3) is 0.133. The van der Waals surface area contributed by atoms with Gasteiger partial charge in [-0.25, -0.2) is 4.98 Å². The smallest absolute Gasteiger partial charge is 0.271 e. The number of halogens is 2. The fourth-order valence-electron chi connectivity index (χ4n) is 2.05. The minimum Gasteiger partial charge on any atom is -0.325 e. The number of anilines is 1. The van der Waals surface area contributed by atoms with Gasteiger partial charge < -0.3 is 5.32 Å². The topological polar surface area (TPSA) is 64.0 Å². The van der Waals surface area contributed by atoms with Crippen LogP contribution in [0.5, 0.6) is 0 Å². The first kappa shape index (κ1) is 17.3. The lowest BCUT2D eigenvalue weighted by Gasteiger charge is -2.08. The van der Waals surface area contributed by atoms with Gasteiger partial charge in [-0.05, 0) is 29.6 Å². The molecule has 0 aliphatic carbocycles. The summed E-state index contributed by atoms with van der Waals surface area (Å²) in [5.41, 5.74) is 1.06. The van der Waals surface area contributed by atoms with Crippen LogP contribution in [-0.2, 0) is 11.8 Å². The van der Waals surface area contributed by atoms with Crippen molar-refractivity contribution < 1.29 is 4.79 Å². The van der Waals surface area contributed by atoms with Gasteiger partial charge in [0.25, 0.3) is 5.56 Å². The second-order valence-electron chi connectivity index (χ2n) is 4.89. The number of aromatic nitrogens is 2. The van der Waals surface area contributed by atoms with Crippen molar-refractivity contribution in [3.63, 3.8) is 0 Å². The Kier molecular flexibility index (Phi) is 5.15. The van der Waals surface area contributed by atoms with Crippen LogP contribution in [0.3, 0.4) is 0 Å². The zero-order chi connectivity index (χ0) is 17.3. The molecule has 9 heteroatoms. The van der Waals surface area contributed by atoms with Crippen LogP contribution >= 0.6 is 46.3 Å². The number of thioether (sulfide) groups is 1. The third-order valence-corrected chi connectivity index (χ3v) is 5.48. The van der Waals surface area contributed by atoms with Crippen molar-refractivity contribution in [2.45, 2.75) is 5.16 Å². The number of nitrogens with zero attached hydrogens (tertiary/aromatic N) is 2. The van der Waals surface area contributed by atoms with E-state index < -0.39 is 0 Å². The van der Waals surface area contributed by atoms with Gasteiger partial charge in [0.05, 0.1) is 11.3 Å². The fourth-order valence-corrected chi connectivity index (χ4v) is 4.15. The van der Waals surface area contributed by atoms with Crippen LogP contribution in [0.4, 0.5) is 5.69 Å². The summed E-state index contributed by atoms with van der Waals surface area (Å²) in [4.78, 5) is 28.7. The van der Waals surface area contributed by atoms with E-state index in [2.05, 4.69) is 10.3 Å². The number of fused-ring (bicyclic) bond motifs is 1. The zero-order valence-electron chi connectivity index (χ0n) is 12.4. The number of benzene rings is 1. The van der Waals surface area contributed by atoms with Gasteiger partial charge >= 0.3 is 0 Å². The number of amides is 1. The zero-order valence-corrected chi connectivity index (χ0v) is 15.5. The predicted molar refractivity (Wildman–Crippen MR) is 101 cm³/mol. The van der Waals surface area contributed by atoms with E-state index in [4.69, 9.17) is 23.2 Å². The third kappa shape index (κ3) is 3.75. The molecule has 24 heavy (non-hydrogen) atoms. The molecule has 0 atom stereocenters. The first-order valence-corrected chi connectivity index (χ1v) is 9.39. The quantitative estimate of drug-likeness (QED) is 0.531. The van der Waals surface area contributed by atoms with E-state index >= 15 is 0 Å². The summed E-state index contributed by atoms with van der Waals surface area (Å²) in [5.74, 6) is -0.127. The summed E-state index contributed by atoms with van der Waals surface area (Å²) in [6.07, 6.45) is 0. The average molecular weight is 400 g/mol. The number of rotatable bonds is 4. The molecule has 0 aliphatic heterocycles. The van der Waals surface area contributed by atoms with Crippen LogP contribution in [0.15, 0.2) is 39.6 Å². The Morgan fingerprint density at radius 2 is 2.04 bits per heavy atom. The van der Waals surface area contributed by atoms with Crippen molar-refractivity contribution in [2.24, 2.45) is 7.05 Å². The summed E-state index contributed by atoms with van der Waals surface area (Å²) in [6.45, 7) is 0. The lowest BCUT2D eigenvalue weighted by Crippen LogP contribution is -2.20. The van der Waals surface area contributed by atoms with E-state index in [9.17, 15) is 9.59 Å². The molecule has 1 N–H and O–H groups in total. The van der Waals surface area contributed by atoms with E-state index in [0.29, 0.717) is 31.1 Å². The molecule has 0 aliphatic rings. The van der Waals surface area contributed by atoms with Crippen molar-refractivity contribution in [3.8, 4) is 0 Å². The van der Waals surface area contributed by atoms with Crippen LogP contribution in [0.1, 0.15) is 0 Å². The summed E-state index contributed by atoms with van der Waals surface area (Å²) in [6, 6.07) is 6.60. The highest BCUT2D eigenvalue weighted by atomic mass is 35.5. The molecule has 0 saturated heterocycles. The maximum absolute atomic E-state index is 12.2. The summed E-state index contributed by atoms with van der Waals surface area (Å²) < 4.78 is 2.06. The molecule has 3 rings (SSSR count). The van der Waals surface area contributed by atoms with E-state index in [0.717, 1.165) is 0 Å². The Morgan fingerprint density at radius 3 is 2.75 bits per heavy atom. The summed E-state index contributed by atoms with van der Waals surface area (Å²) >= 11 is 14.4. The number of hydrogen-bond donors (Lipinski definition) is 1. The molecule has 0 saturated carbocycles. The highest BCUT2D eigenvalue weighted by molar-refractivity contribution is 7.99. The maximum Gasteiger partial charge on any atom is 0.271 e. The first-order chi connectivity index (χ1) is 11.4. The van der Waals surface area contributed by atoms with Gasteiger partial charge in [-0.3, -0.25) is 14.2 Å². The predicted octanol–water partition coefficient (Wildman–Crippen LogP) is 4.03. The Morgan fingerprint density at radius 1 is 1.33 bits per heavy atom. The van der Waals surface area contributed by atoms with Crippen LogP contribution < -0.4 is 10.9 Å². The molecule has 0 radical (unpaired) electrons. The van der Waals surface area contributed by atoms with Crippen molar-refractivity contribution in [1.82, 2.24) is 9.55 Å². The Bertz CT molecular complexity index is 964. The van der Waals surface area contributed by atoms with Gasteiger partial charge in [0, 0.05) is 22.8 Å². The average Bonchev–Trinajstić information content (AvgIpc) is 2.97. The van der Waals surface area contributed by atoms with Crippen LogP contribution in [0.2, 0.25) is 10.0 Å². The number of carbonyl (C=O) groups excluding carboxylic acids is 1. The van der Waals surface area contributed by atoms with Crippen molar-refractivity contribution in [2.75, 3.05) is 11.1 Å². The minimum atomic E-state index is -0.238. The van der Waals surface area contributed by atoms with Gasteiger partial charge in [0.1, 0.15) is 4.70 Å². The molecule has 2 aromatic heterocycles. The van der Waals surface area contributed by atoms with Crippen LogP contribution in [0.25, 0.3) is 10.2 Å². The van der Waals surface area contributed by atoms with Crippen LogP contribution in [0, 0.1) is 0 Å². The largest absolute Gasteiger partial charge is 0.325 e. The number of thiophene rings is 1. The van der Waals surface area contributed by atoms with Crippen molar-refractivity contribution >= 4 is 68.1 Å². The van der Waals surface area contributed by atoms with E-state index in [1.54, 1.807) is 31.3 Å². The normalized spacial score (nSPS) is 11.0. The van der Waals surface area contributed by atoms with Crippen molar-refractivity contribution in [3.05, 3.63) is 50.0 Å². The highest BCUT2D eigenvalue weighted by Gasteiger charge is 2.12.